The van der Waals surface area contributed by atoms with Crippen LogP contribution in [0.4, 0.5) is 0 Å². The lowest BCUT2D eigenvalue weighted by Gasteiger charge is -2.06. The molecule has 23 heavy (non-hydrogen) atoms. The Morgan fingerprint density at radius 1 is 1.17 bits per heavy atom. The van der Waals surface area contributed by atoms with Crippen molar-refractivity contribution in [3.8, 4) is 5.75 Å². The first-order valence-electron chi connectivity index (χ1n) is 7.04. The number of fused-ring (bicyclic) bond motifs is 1. The Kier molecular flexibility index (Phi) is 4.63. The highest BCUT2D eigenvalue weighted by atomic mass is 32.1. The predicted octanol–water partition coefficient (Wildman–Crippen LogP) is 2.80. The van der Waals surface area contributed by atoms with Crippen molar-refractivity contribution in [2.45, 2.75) is 6.54 Å². The second kappa shape index (κ2) is 7.02. The van der Waals surface area contributed by atoms with Gasteiger partial charge >= 0.3 is 0 Å². The highest BCUT2D eigenvalue weighted by Crippen LogP contribution is 2.21. The quantitative estimate of drug-likeness (QED) is 0.707. The molecule has 0 aliphatic carbocycles. The van der Waals surface area contributed by atoms with E-state index in [2.05, 4.69) is 10.3 Å². The summed E-state index contributed by atoms with van der Waals surface area (Å²) in [5, 5.41) is 3.64. The molecule has 2 aromatic carbocycles. The van der Waals surface area contributed by atoms with Crippen LogP contribution >= 0.6 is 11.3 Å². The van der Waals surface area contributed by atoms with E-state index in [1.807, 2.05) is 24.3 Å². The van der Waals surface area contributed by atoms with E-state index in [0.29, 0.717) is 17.9 Å². The average molecular weight is 326 g/mol. The van der Waals surface area contributed by atoms with Crippen molar-refractivity contribution in [1.29, 1.82) is 0 Å². The molecule has 6 heteroatoms. The van der Waals surface area contributed by atoms with Crippen LogP contribution in [0, 0.1) is 0 Å². The third-order valence-electron chi connectivity index (χ3n) is 3.16. The molecule has 0 spiro atoms. The van der Waals surface area contributed by atoms with Gasteiger partial charge in [0.05, 0.1) is 16.8 Å². The SMILES string of the molecule is O=Cc1ccc(OCC(=O)NCc2nc3ccccc3s2)cc1. The number of benzene rings is 2. The number of aromatic nitrogens is 1. The Labute approximate surface area is 136 Å². The van der Waals surface area contributed by atoms with Gasteiger partial charge < -0.3 is 10.1 Å². The molecule has 116 valence electrons. The summed E-state index contributed by atoms with van der Waals surface area (Å²) < 4.78 is 6.47. The predicted molar refractivity (Wildman–Crippen MR) is 88.8 cm³/mol. The van der Waals surface area contributed by atoms with E-state index in [1.165, 1.54) is 0 Å². The monoisotopic (exact) mass is 326 g/mol. The van der Waals surface area contributed by atoms with Crippen LogP contribution in [0.3, 0.4) is 0 Å². The molecule has 0 saturated heterocycles. The van der Waals surface area contributed by atoms with Gasteiger partial charge in [-0.25, -0.2) is 4.98 Å². The maximum Gasteiger partial charge on any atom is 0.258 e. The van der Waals surface area contributed by atoms with Gasteiger partial charge in [-0.1, -0.05) is 12.1 Å². The number of carbonyl (C=O) groups excluding carboxylic acids is 2. The summed E-state index contributed by atoms with van der Waals surface area (Å²) in [5.41, 5.74) is 1.51. The summed E-state index contributed by atoms with van der Waals surface area (Å²) in [4.78, 5) is 26.8. The van der Waals surface area contributed by atoms with Gasteiger partial charge in [-0.3, -0.25) is 9.59 Å². The third-order valence-corrected chi connectivity index (χ3v) is 4.20. The molecule has 5 nitrogen and oxygen atoms in total. The summed E-state index contributed by atoms with van der Waals surface area (Å²) in [7, 11) is 0. The van der Waals surface area contributed by atoms with E-state index in [0.717, 1.165) is 21.5 Å². The Hall–Kier alpha value is -2.73. The molecule has 1 amide bonds. The van der Waals surface area contributed by atoms with Crippen LogP contribution in [-0.4, -0.2) is 23.8 Å². The summed E-state index contributed by atoms with van der Waals surface area (Å²) in [6.45, 7) is 0.303. The summed E-state index contributed by atoms with van der Waals surface area (Å²) in [6.07, 6.45) is 0.758. The van der Waals surface area contributed by atoms with E-state index < -0.39 is 0 Å². The molecule has 1 heterocycles. The van der Waals surface area contributed by atoms with Crippen molar-refractivity contribution in [1.82, 2.24) is 10.3 Å². The fraction of sp³-hybridized carbons (Fsp3) is 0.118. The Bertz CT molecular complexity index is 794. The van der Waals surface area contributed by atoms with Gasteiger partial charge in [-0.05, 0) is 36.4 Å². The van der Waals surface area contributed by atoms with Crippen molar-refractivity contribution in [3.05, 3.63) is 59.1 Å². The van der Waals surface area contributed by atoms with Crippen LogP contribution < -0.4 is 10.1 Å². The number of carbonyl (C=O) groups is 2. The first-order valence-corrected chi connectivity index (χ1v) is 7.85. The van der Waals surface area contributed by atoms with Crippen LogP contribution in [0.15, 0.2) is 48.5 Å². The first-order chi connectivity index (χ1) is 11.2. The molecular weight excluding hydrogens is 312 g/mol. The smallest absolute Gasteiger partial charge is 0.258 e. The van der Waals surface area contributed by atoms with Crippen LogP contribution in [0.2, 0.25) is 0 Å². The van der Waals surface area contributed by atoms with Crippen LogP contribution in [0.25, 0.3) is 10.2 Å². The van der Waals surface area contributed by atoms with Gasteiger partial charge in [0.25, 0.3) is 5.91 Å². The molecule has 0 bridgehead atoms. The zero-order valence-corrected chi connectivity index (χ0v) is 13.0. The number of hydrogen-bond acceptors (Lipinski definition) is 5. The number of rotatable bonds is 6. The number of amides is 1. The fourth-order valence-corrected chi connectivity index (χ4v) is 2.92. The van der Waals surface area contributed by atoms with Gasteiger partial charge in [-0.15, -0.1) is 11.3 Å². The van der Waals surface area contributed by atoms with E-state index in [-0.39, 0.29) is 12.5 Å². The molecule has 0 saturated carbocycles. The minimum atomic E-state index is -0.219. The maximum absolute atomic E-state index is 11.8. The maximum atomic E-state index is 11.8. The Balaban J connectivity index is 1.49. The van der Waals surface area contributed by atoms with E-state index in [1.54, 1.807) is 35.6 Å². The lowest BCUT2D eigenvalue weighted by Crippen LogP contribution is -2.28. The molecule has 0 aliphatic heterocycles. The molecular formula is C17H14N2O3S. The molecule has 0 aliphatic rings. The normalized spacial score (nSPS) is 10.4. The van der Waals surface area contributed by atoms with E-state index in [9.17, 15) is 9.59 Å². The number of ether oxygens (including phenoxy) is 1. The number of nitrogens with zero attached hydrogens (tertiary/aromatic N) is 1. The summed E-state index contributed by atoms with van der Waals surface area (Å²) in [5.74, 6) is 0.328. The highest BCUT2D eigenvalue weighted by molar-refractivity contribution is 7.18. The molecule has 0 radical (unpaired) electrons. The molecule has 0 fully saturated rings. The lowest BCUT2D eigenvalue weighted by atomic mass is 10.2. The molecule has 3 aromatic rings. The van der Waals surface area contributed by atoms with Gasteiger partial charge in [0.15, 0.2) is 6.61 Å². The molecule has 0 unspecified atom stereocenters. The van der Waals surface area contributed by atoms with Crippen LogP contribution in [0.5, 0.6) is 5.75 Å². The van der Waals surface area contributed by atoms with Crippen molar-refractivity contribution in [2.24, 2.45) is 0 Å². The molecule has 1 aromatic heterocycles. The summed E-state index contributed by atoms with van der Waals surface area (Å²) in [6, 6.07) is 14.5. The molecule has 3 rings (SSSR count). The third kappa shape index (κ3) is 3.92. The number of thiazole rings is 1. The van der Waals surface area contributed by atoms with Crippen molar-refractivity contribution in [2.75, 3.05) is 6.61 Å². The Morgan fingerprint density at radius 2 is 1.96 bits per heavy atom. The van der Waals surface area contributed by atoms with E-state index in [4.69, 9.17) is 4.74 Å². The first kappa shape index (κ1) is 15.2. The second-order valence-corrected chi connectivity index (χ2v) is 5.94. The van der Waals surface area contributed by atoms with Crippen molar-refractivity contribution in [3.63, 3.8) is 0 Å². The highest BCUT2D eigenvalue weighted by Gasteiger charge is 2.06. The number of hydrogen-bond donors (Lipinski definition) is 1. The largest absolute Gasteiger partial charge is 0.484 e. The van der Waals surface area contributed by atoms with Crippen LogP contribution in [0.1, 0.15) is 15.4 Å². The standard InChI is InChI=1S/C17H14N2O3S/c20-10-12-5-7-13(8-6-12)22-11-16(21)18-9-17-19-14-3-1-2-4-15(14)23-17/h1-8,10H,9,11H2,(H,18,21). The fourth-order valence-electron chi connectivity index (χ4n) is 2.01. The van der Waals surface area contributed by atoms with Crippen LogP contribution in [-0.2, 0) is 11.3 Å². The lowest BCUT2D eigenvalue weighted by molar-refractivity contribution is -0.123. The number of aldehydes is 1. The van der Waals surface area contributed by atoms with Gasteiger partial charge in [0.2, 0.25) is 0 Å². The minimum Gasteiger partial charge on any atom is -0.484 e. The average Bonchev–Trinajstić information content (AvgIpc) is 3.01. The van der Waals surface area contributed by atoms with Crippen molar-refractivity contribution < 1.29 is 14.3 Å². The van der Waals surface area contributed by atoms with Gasteiger partial charge in [0.1, 0.15) is 17.0 Å². The zero-order valence-electron chi connectivity index (χ0n) is 12.2. The topological polar surface area (TPSA) is 68.3 Å². The minimum absolute atomic E-state index is 0.0780. The van der Waals surface area contributed by atoms with Gasteiger partial charge in [0, 0.05) is 5.56 Å². The van der Waals surface area contributed by atoms with E-state index >= 15 is 0 Å². The number of para-hydroxylation sites is 1. The summed E-state index contributed by atoms with van der Waals surface area (Å²) >= 11 is 1.56. The zero-order chi connectivity index (χ0) is 16.1. The van der Waals surface area contributed by atoms with Crippen molar-refractivity contribution >= 4 is 33.7 Å². The number of nitrogens with one attached hydrogen (secondary N) is 1. The van der Waals surface area contributed by atoms with Gasteiger partial charge in [-0.2, -0.15) is 0 Å². The Morgan fingerprint density at radius 3 is 2.70 bits per heavy atom. The second-order valence-electron chi connectivity index (χ2n) is 4.83. The molecule has 0 atom stereocenters. The molecule has 1 N–H and O–H groups in total.